The van der Waals surface area contributed by atoms with E-state index in [1.54, 1.807) is 0 Å². The van der Waals surface area contributed by atoms with Crippen molar-refractivity contribution in [2.45, 2.75) is 48.7 Å². The fourth-order valence-corrected chi connectivity index (χ4v) is 4.50. The van der Waals surface area contributed by atoms with Crippen LogP contribution in [0.1, 0.15) is 10.4 Å². The molecule has 2 heterocycles. The molecule has 8 unspecified atom stereocenters. The number of carbonyl (C=O) groups is 1. The SMILES string of the molecule is COc1cc(C(=O)OCC2(O)COC(OC3C(Oc4cc(OC)c(O)c(OC)c4)OC(CO)C(O)C3O)C2O)ccc1O. The maximum absolute atomic E-state index is 12.5. The highest BCUT2D eigenvalue weighted by Gasteiger charge is 2.54. The summed E-state index contributed by atoms with van der Waals surface area (Å²) in [6.45, 7) is -2.00. The van der Waals surface area contributed by atoms with Gasteiger partial charge in [-0.25, -0.2) is 4.79 Å². The first-order valence-corrected chi connectivity index (χ1v) is 12.9. The van der Waals surface area contributed by atoms with Gasteiger partial charge in [0, 0.05) is 12.1 Å². The molecule has 2 saturated heterocycles. The van der Waals surface area contributed by atoms with Crippen LogP contribution in [-0.4, -0.2) is 132 Å². The van der Waals surface area contributed by atoms with Gasteiger partial charge in [0.05, 0.1) is 40.1 Å². The van der Waals surface area contributed by atoms with Crippen molar-refractivity contribution in [3.63, 3.8) is 0 Å². The van der Waals surface area contributed by atoms with Crippen molar-refractivity contribution in [3.05, 3.63) is 35.9 Å². The lowest BCUT2D eigenvalue weighted by Crippen LogP contribution is -2.62. The third kappa shape index (κ3) is 6.66. The third-order valence-electron chi connectivity index (χ3n) is 7.00. The molecule has 0 amide bonds. The van der Waals surface area contributed by atoms with Gasteiger partial charge in [-0.05, 0) is 18.2 Å². The molecule has 16 heteroatoms. The number of methoxy groups -OCH3 is 3. The highest BCUT2D eigenvalue weighted by atomic mass is 16.8. The Morgan fingerprint density at radius 3 is 2.21 bits per heavy atom. The van der Waals surface area contributed by atoms with Crippen LogP contribution >= 0.6 is 0 Å². The second-order valence-electron chi connectivity index (χ2n) is 9.79. The Labute approximate surface area is 245 Å². The van der Waals surface area contributed by atoms with Crippen molar-refractivity contribution in [2.75, 3.05) is 41.2 Å². The Morgan fingerprint density at radius 1 is 0.953 bits per heavy atom. The lowest BCUT2D eigenvalue weighted by atomic mass is 9.98. The summed E-state index contributed by atoms with van der Waals surface area (Å²) >= 11 is 0. The topological polar surface area (TPSA) is 233 Å². The van der Waals surface area contributed by atoms with E-state index < -0.39 is 74.5 Å². The van der Waals surface area contributed by atoms with Crippen molar-refractivity contribution < 1.29 is 78.4 Å². The van der Waals surface area contributed by atoms with E-state index in [4.69, 9.17) is 37.9 Å². The molecule has 7 N–H and O–H groups in total. The van der Waals surface area contributed by atoms with Crippen LogP contribution < -0.4 is 18.9 Å². The third-order valence-corrected chi connectivity index (χ3v) is 7.00. The average molecular weight is 615 g/mol. The van der Waals surface area contributed by atoms with Crippen LogP contribution in [0.5, 0.6) is 34.5 Å². The lowest BCUT2D eigenvalue weighted by molar-refractivity contribution is -0.318. The highest BCUT2D eigenvalue weighted by molar-refractivity contribution is 5.90. The lowest BCUT2D eigenvalue weighted by Gasteiger charge is -2.42. The number of hydrogen-bond donors (Lipinski definition) is 7. The summed E-state index contributed by atoms with van der Waals surface area (Å²) in [5, 5.41) is 72.7. The smallest absolute Gasteiger partial charge is 0.338 e. The fourth-order valence-electron chi connectivity index (χ4n) is 4.50. The number of ether oxygens (including phenoxy) is 8. The Hall–Kier alpha value is -3.61. The number of aliphatic hydroxyl groups excluding tert-OH is 4. The first-order chi connectivity index (χ1) is 20.5. The number of aromatic hydroxyl groups is 2. The van der Waals surface area contributed by atoms with Crippen LogP contribution in [0.15, 0.2) is 30.3 Å². The van der Waals surface area contributed by atoms with Gasteiger partial charge >= 0.3 is 5.97 Å². The summed E-state index contributed by atoms with van der Waals surface area (Å²) in [4.78, 5) is 12.5. The van der Waals surface area contributed by atoms with Gasteiger partial charge in [0.15, 0.2) is 41.0 Å². The average Bonchev–Trinajstić information content (AvgIpc) is 3.29. The first kappa shape index (κ1) is 32.3. The zero-order chi connectivity index (χ0) is 31.5. The number of carbonyl (C=O) groups excluding carboxylic acids is 1. The minimum atomic E-state index is -2.15. The molecule has 2 aromatic rings. The maximum atomic E-state index is 12.5. The van der Waals surface area contributed by atoms with E-state index >= 15 is 0 Å². The van der Waals surface area contributed by atoms with Crippen LogP contribution in [0.4, 0.5) is 0 Å². The summed E-state index contributed by atoms with van der Waals surface area (Å²) in [5.74, 6) is -1.44. The zero-order valence-corrected chi connectivity index (χ0v) is 23.4. The van der Waals surface area contributed by atoms with Crippen molar-refractivity contribution in [3.8, 4) is 34.5 Å². The summed E-state index contributed by atoms with van der Waals surface area (Å²) in [7, 11) is 3.88. The molecule has 0 spiro atoms. The van der Waals surface area contributed by atoms with Gasteiger partial charge in [0.2, 0.25) is 12.0 Å². The molecule has 43 heavy (non-hydrogen) atoms. The molecule has 2 aliphatic rings. The number of benzene rings is 2. The van der Waals surface area contributed by atoms with E-state index in [1.165, 1.54) is 51.7 Å². The molecule has 0 saturated carbocycles. The first-order valence-electron chi connectivity index (χ1n) is 12.9. The van der Waals surface area contributed by atoms with Crippen LogP contribution in [0.3, 0.4) is 0 Å². The minimum Gasteiger partial charge on any atom is -0.504 e. The second-order valence-corrected chi connectivity index (χ2v) is 9.79. The summed E-state index contributed by atoms with van der Waals surface area (Å²) in [6, 6.07) is 6.27. The van der Waals surface area contributed by atoms with E-state index in [2.05, 4.69) is 0 Å². The van der Waals surface area contributed by atoms with Crippen LogP contribution in [0.25, 0.3) is 0 Å². The van der Waals surface area contributed by atoms with E-state index in [0.29, 0.717) is 0 Å². The largest absolute Gasteiger partial charge is 0.504 e. The molecule has 0 bridgehead atoms. The van der Waals surface area contributed by atoms with Gasteiger partial charge in [-0.2, -0.15) is 0 Å². The number of rotatable bonds is 11. The Morgan fingerprint density at radius 2 is 1.60 bits per heavy atom. The summed E-state index contributed by atoms with van der Waals surface area (Å²) < 4.78 is 42.9. The number of hydrogen-bond acceptors (Lipinski definition) is 16. The Kier molecular flexibility index (Phi) is 10.0. The van der Waals surface area contributed by atoms with Crippen LogP contribution in [0, 0.1) is 0 Å². The maximum Gasteiger partial charge on any atom is 0.338 e. The molecular formula is C27H34O16. The summed E-state index contributed by atoms with van der Waals surface area (Å²) in [5.41, 5.74) is -2.15. The molecule has 8 atom stereocenters. The molecule has 2 aromatic carbocycles. The predicted octanol–water partition coefficient (Wildman–Crippen LogP) is -1.37. The molecule has 16 nitrogen and oxygen atoms in total. The van der Waals surface area contributed by atoms with E-state index in [9.17, 15) is 40.5 Å². The standard InChI is InChI=1S/C27H34O16/c1-36-15-6-12(4-5-14(15)29)24(34)39-10-27(35)11-40-26(23(27)33)43-22-21(32)20(31)18(9-28)42-25(22)41-13-7-16(37-2)19(30)17(8-13)38-3/h4-8,18,20-23,25-26,28-33,35H,9-11H2,1-3H3. The molecular weight excluding hydrogens is 580 g/mol. The Bertz CT molecular complexity index is 1250. The van der Waals surface area contributed by atoms with Crippen LogP contribution in [0.2, 0.25) is 0 Å². The van der Waals surface area contributed by atoms with Gasteiger partial charge in [-0.3, -0.25) is 0 Å². The number of phenolic OH excluding ortho intramolecular Hbond substituents is 2. The molecule has 4 rings (SSSR count). The molecule has 2 fully saturated rings. The van der Waals surface area contributed by atoms with Crippen LogP contribution in [-0.2, 0) is 18.9 Å². The predicted molar refractivity (Wildman–Crippen MR) is 140 cm³/mol. The normalized spacial score (nSPS) is 30.5. The fraction of sp³-hybridized carbons (Fsp3) is 0.519. The van der Waals surface area contributed by atoms with Gasteiger partial charge in [-0.15, -0.1) is 0 Å². The van der Waals surface area contributed by atoms with E-state index in [1.807, 2.05) is 0 Å². The van der Waals surface area contributed by atoms with Crippen molar-refractivity contribution >= 4 is 5.97 Å². The monoisotopic (exact) mass is 614 g/mol. The van der Waals surface area contributed by atoms with Crippen molar-refractivity contribution in [1.82, 2.24) is 0 Å². The van der Waals surface area contributed by atoms with E-state index in [-0.39, 0.29) is 40.1 Å². The molecule has 0 aliphatic carbocycles. The second kappa shape index (κ2) is 13.4. The van der Waals surface area contributed by atoms with E-state index in [0.717, 1.165) is 0 Å². The highest BCUT2D eigenvalue weighted by Crippen LogP contribution is 2.41. The Balaban J connectivity index is 1.48. The van der Waals surface area contributed by atoms with Gasteiger partial charge in [0.25, 0.3) is 0 Å². The van der Waals surface area contributed by atoms with Gasteiger partial charge in [0.1, 0.15) is 36.8 Å². The number of esters is 1. The summed E-state index contributed by atoms with van der Waals surface area (Å²) in [6.07, 6.45) is -11.3. The van der Waals surface area contributed by atoms with Gasteiger partial charge < -0.3 is 73.6 Å². The number of aliphatic hydroxyl groups is 5. The van der Waals surface area contributed by atoms with Gasteiger partial charge in [-0.1, -0.05) is 0 Å². The molecule has 2 aliphatic heterocycles. The molecule has 0 aromatic heterocycles. The zero-order valence-electron chi connectivity index (χ0n) is 23.4. The minimum absolute atomic E-state index is 0.00293. The number of phenols is 2. The molecule has 238 valence electrons. The van der Waals surface area contributed by atoms with Crippen molar-refractivity contribution in [2.24, 2.45) is 0 Å². The van der Waals surface area contributed by atoms with Crippen molar-refractivity contribution in [1.29, 1.82) is 0 Å². The quantitative estimate of drug-likeness (QED) is 0.145. The molecule has 0 radical (unpaired) electrons.